The molecular formula is C26H24ClNO3. The van der Waals surface area contributed by atoms with Crippen LogP contribution in [-0.4, -0.2) is 41.4 Å². The average Bonchev–Trinajstić information content (AvgIpc) is 3.32. The number of hydrogen-bond acceptors (Lipinski definition) is 3. The lowest BCUT2D eigenvalue weighted by Crippen LogP contribution is -2.38. The van der Waals surface area contributed by atoms with Gasteiger partial charge in [-0.3, -0.25) is 0 Å². The largest absolute Gasteiger partial charge is 0.448 e. The lowest BCUT2D eigenvalue weighted by atomic mass is 9.94. The fourth-order valence-electron chi connectivity index (χ4n) is 4.82. The van der Waals surface area contributed by atoms with E-state index in [4.69, 9.17) is 16.3 Å². The Bertz CT molecular complexity index is 1070. The predicted octanol–water partition coefficient (Wildman–Crippen LogP) is 5.27. The number of amides is 1. The summed E-state index contributed by atoms with van der Waals surface area (Å²) < 4.78 is 5.74. The number of nitrogens with zero attached hydrogens (tertiary/aromatic N) is 1. The van der Waals surface area contributed by atoms with E-state index in [9.17, 15) is 9.90 Å². The van der Waals surface area contributed by atoms with Crippen LogP contribution < -0.4 is 0 Å². The smallest absolute Gasteiger partial charge is 0.409 e. The number of ether oxygens (including phenoxy) is 1. The van der Waals surface area contributed by atoms with Crippen LogP contribution in [0.1, 0.15) is 29.0 Å². The van der Waals surface area contributed by atoms with Crippen molar-refractivity contribution in [2.75, 3.05) is 19.7 Å². The molecule has 1 fully saturated rings. The van der Waals surface area contributed by atoms with Gasteiger partial charge in [0.2, 0.25) is 0 Å². The SMILES string of the molecule is O=C(OCC1c2ccccc2-c2ccccc21)N1CCC(O)(Cc2ccc(Cl)cc2)C1. The van der Waals surface area contributed by atoms with Gasteiger partial charge in [-0.25, -0.2) is 4.79 Å². The van der Waals surface area contributed by atoms with Crippen LogP contribution in [0.4, 0.5) is 4.79 Å². The molecule has 1 N–H and O–H groups in total. The zero-order chi connectivity index (χ0) is 21.4. The second kappa shape index (κ2) is 8.03. The third-order valence-corrected chi connectivity index (χ3v) is 6.62. The maximum absolute atomic E-state index is 12.8. The van der Waals surface area contributed by atoms with Crippen LogP contribution in [-0.2, 0) is 11.2 Å². The summed E-state index contributed by atoms with van der Waals surface area (Å²) in [7, 11) is 0. The van der Waals surface area contributed by atoms with Crippen molar-refractivity contribution < 1.29 is 14.6 Å². The van der Waals surface area contributed by atoms with Crippen LogP contribution in [0.2, 0.25) is 5.02 Å². The van der Waals surface area contributed by atoms with Crippen LogP contribution in [0.3, 0.4) is 0 Å². The lowest BCUT2D eigenvalue weighted by molar-refractivity contribution is 0.0445. The minimum atomic E-state index is -0.945. The number of fused-ring (bicyclic) bond motifs is 3. The molecule has 4 nitrogen and oxygen atoms in total. The molecule has 1 atom stereocenters. The van der Waals surface area contributed by atoms with E-state index in [0.717, 1.165) is 5.56 Å². The Morgan fingerprint density at radius 1 is 1.00 bits per heavy atom. The van der Waals surface area contributed by atoms with Gasteiger partial charge in [-0.15, -0.1) is 0 Å². The summed E-state index contributed by atoms with van der Waals surface area (Å²) in [5.41, 5.74) is 4.85. The molecule has 0 bridgehead atoms. The van der Waals surface area contributed by atoms with Gasteiger partial charge in [-0.1, -0.05) is 72.3 Å². The highest BCUT2D eigenvalue weighted by Gasteiger charge is 2.39. The monoisotopic (exact) mass is 433 g/mol. The number of likely N-dealkylation sites (tertiary alicyclic amines) is 1. The number of benzene rings is 3. The van der Waals surface area contributed by atoms with E-state index in [1.807, 2.05) is 48.5 Å². The summed E-state index contributed by atoms with van der Waals surface area (Å²) in [5.74, 6) is 0.0342. The number of carbonyl (C=O) groups is 1. The zero-order valence-corrected chi connectivity index (χ0v) is 17.9. The highest BCUT2D eigenvalue weighted by molar-refractivity contribution is 6.30. The second-order valence-electron chi connectivity index (χ2n) is 8.50. The van der Waals surface area contributed by atoms with Crippen LogP contribution in [0.25, 0.3) is 11.1 Å². The molecule has 5 rings (SSSR count). The predicted molar refractivity (Wildman–Crippen MR) is 121 cm³/mol. The van der Waals surface area contributed by atoms with Gasteiger partial charge in [0.25, 0.3) is 0 Å². The molecule has 158 valence electrons. The van der Waals surface area contributed by atoms with Gasteiger partial charge in [0.15, 0.2) is 0 Å². The van der Waals surface area contributed by atoms with Gasteiger partial charge in [-0.05, 0) is 46.4 Å². The van der Waals surface area contributed by atoms with E-state index in [1.165, 1.54) is 22.3 Å². The number of hydrogen-bond donors (Lipinski definition) is 1. The van der Waals surface area contributed by atoms with Gasteiger partial charge in [-0.2, -0.15) is 0 Å². The van der Waals surface area contributed by atoms with E-state index in [0.29, 0.717) is 31.0 Å². The van der Waals surface area contributed by atoms with Crippen molar-refractivity contribution >= 4 is 17.7 Å². The third kappa shape index (κ3) is 3.93. The van der Waals surface area contributed by atoms with Crippen LogP contribution in [0, 0.1) is 0 Å². The standard InChI is InChI=1S/C26H24ClNO3/c27-19-11-9-18(10-12-19)15-26(30)13-14-28(17-26)25(29)31-16-24-22-7-3-1-5-20(22)21-6-2-4-8-23(21)24/h1-12,24,30H,13-17H2. The van der Waals surface area contributed by atoms with Crippen molar-refractivity contribution in [3.63, 3.8) is 0 Å². The van der Waals surface area contributed by atoms with Crippen molar-refractivity contribution in [2.24, 2.45) is 0 Å². The van der Waals surface area contributed by atoms with E-state index in [2.05, 4.69) is 24.3 Å². The van der Waals surface area contributed by atoms with Crippen molar-refractivity contribution in [1.82, 2.24) is 4.90 Å². The Kier molecular flexibility index (Phi) is 5.20. The number of rotatable bonds is 4. The molecule has 1 aliphatic heterocycles. The molecule has 0 saturated carbocycles. The average molecular weight is 434 g/mol. The minimum absolute atomic E-state index is 0.0342. The Hall–Kier alpha value is -2.82. The topological polar surface area (TPSA) is 49.8 Å². The Morgan fingerprint density at radius 3 is 2.26 bits per heavy atom. The van der Waals surface area contributed by atoms with Gasteiger partial charge in [0.1, 0.15) is 6.61 Å². The van der Waals surface area contributed by atoms with Gasteiger partial charge in [0, 0.05) is 23.9 Å². The van der Waals surface area contributed by atoms with Gasteiger partial charge in [0.05, 0.1) is 12.1 Å². The molecule has 31 heavy (non-hydrogen) atoms. The van der Waals surface area contributed by atoms with Crippen LogP contribution in [0.5, 0.6) is 0 Å². The van der Waals surface area contributed by atoms with Crippen molar-refractivity contribution in [1.29, 1.82) is 0 Å². The first kappa shape index (κ1) is 20.1. The fourth-order valence-corrected chi connectivity index (χ4v) is 4.95. The Morgan fingerprint density at radius 2 is 1.61 bits per heavy atom. The van der Waals surface area contributed by atoms with E-state index in [-0.39, 0.29) is 18.6 Å². The maximum Gasteiger partial charge on any atom is 0.409 e. The summed E-state index contributed by atoms with van der Waals surface area (Å²) in [4.78, 5) is 14.4. The molecule has 1 saturated heterocycles. The number of β-amino-alcohol motifs (C(OH)–C–C–N with tert-alkyl or cyclic N) is 1. The Balaban J connectivity index is 1.24. The molecule has 2 aliphatic rings. The first-order valence-electron chi connectivity index (χ1n) is 10.6. The normalized spacial score (nSPS) is 19.9. The van der Waals surface area contributed by atoms with Crippen molar-refractivity contribution in [3.05, 3.63) is 94.5 Å². The molecule has 3 aromatic rings. The highest BCUT2D eigenvalue weighted by Crippen LogP contribution is 2.44. The van der Waals surface area contributed by atoms with Gasteiger partial charge < -0.3 is 14.7 Å². The summed E-state index contributed by atoms with van der Waals surface area (Å²) >= 11 is 5.95. The second-order valence-corrected chi connectivity index (χ2v) is 8.94. The fraction of sp³-hybridized carbons (Fsp3) is 0.269. The van der Waals surface area contributed by atoms with E-state index < -0.39 is 5.60 Å². The first-order chi connectivity index (χ1) is 15.0. The summed E-state index contributed by atoms with van der Waals surface area (Å²) in [6, 6.07) is 24.0. The van der Waals surface area contributed by atoms with E-state index in [1.54, 1.807) is 4.90 Å². The summed E-state index contributed by atoms with van der Waals surface area (Å²) in [6.45, 7) is 1.05. The summed E-state index contributed by atoms with van der Waals surface area (Å²) in [5, 5.41) is 11.7. The van der Waals surface area contributed by atoms with Gasteiger partial charge >= 0.3 is 6.09 Å². The molecular weight excluding hydrogens is 410 g/mol. The quantitative estimate of drug-likeness (QED) is 0.609. The van der Waals surface area contributed by atoms with E-state index >= 15 is 0 Å². The lowest BCUT2D eigenvalue weighted by Gasteiger charge is -2.24. The molecule has 5 heteroatoms. The molecule has 1 unspecified atom stereocenters. The third-order valence-electron chi connectivity index (χ3n) is 6.37. The molecule has 1 heterocycles. The zero-order valence-electron chi connectivity index (χ0n) is 17.1. The minimum Gasteiger partial charge on any atom is -0.448 e. The maximum atomic E-state index is 12.8. The number of halogens is 1. The molecule has 0 spiro atoms. The van der Waals surface area contributed by atoms with Crippen molar-refractivity contribution in [2.45, 2.75) is 24.4 Å². The molecule has 0 radical (unpaired) electrons. The highest BCUT2D eigenvalue weighted by atomic mass is 35.5. The molecule has 1 amide bonds. The van der Waals surface area contributed by atoms with Crippen LogP contribution >= 0.6 is 11.6 Å². The molecule has 1 aliphatic carbocycles. The molecule has 0 aromatic heterocycles. The van der Waals surface area contributed by atoms with Crippen molar-refractivity contribution in [3.8, 4) is 11.1 Å². The Labute approximate surface area is 187 Å². The number of aliphatic hydroxyl groups is 1. The molecule has 3 aromatic carbocycles. The first-order valence-corrected chi connectivity index (χ1v) is 11.0. The summed E-state index contributed by atoms with van der Waals surface area (Å²) in [6.07, 6.45) is 0.644. The number of carbonyl (C=O) groups excluding carboxylic acids is 1. The van der Waals surface area contributed by atoms with Crippen LogP contribution in [0.15, 0.2) is 72.8 Å².